The van der Waals surface area contributed by atoms with Crippen molar-refractivity contribution in [2.45, 2.75) is 38.6 Å². The number of halogens is 2. The van der Waals surface area contributed by atoms with Gasteiger partial charge >= 0.3 is 0 Å². The molecule has 26 heavy (non-hydrogen) atoms. The van der Waals surface area contributed by atoms with Gasteiger partial charge in [-0.3, -0.25) is 9.69 Å². The highest BCUT2D eigenvalue weighted by Gasteiger charge is 2.49. The molecular formula is C20H26F2N2O2. The van der Waals surface area contributed by atoms with E-state index < -0.39 is 11.6 Å². The molecule has 1 amide bonds. The third-order valence-electron chi connectivity index (χ3n) is 6.19. The van der Waals surface area contributed by atoms with Crippen LogP contribution >= 0.6 is 0 Å². The van der Waals surface area contributed by atoms with E-state index in [0.29, 0.717) is 18.2 Å². The summed E-state index contributed by atoms with van der Waals surface area (Å²) >= 11 is 0. The van der Waals surface area contributed by atoms with Crippen molar-refractivity contribution in [3.8, 4) is 5.75 Å². The average Bonchev–Trinajstić information content (AvgIpc) is 3.36. The molecule has 1 atom stereocenters. The minimum Gasteiger partial charge on any atom is -0.496 e. The molecule has 1 spiro atoms. The number of piperidine rings is 1. The van der Waals surface area contributed by atoms with Crippen LogP contribution < -0.4 is 4.74 Å². The van der Waals surface area contributed by atoms with Crippen LogP contribution in [0, 0.1) is 23.0 Å². The molecule has 1 aromatic carbocycles. The minimum absolute atomic E-state index is 0.239. The summed E-state index contributed by atoms with van der Waals surface area (Å²) in [5, 5.41) is 0. The molecule has 0 radical (unpaired) electrons. The number of amides is 1. The molecule has 2 heterocycles. The normalized spacial score (nSPS) is 26.7. The Morgan fingerprint density at radius 1 is 1.23 bits per heavy atom. The van der Waals surface area contributed by atoms with Crippen molar-refractivity contribution in [3.63, 3.8) is 0 Å². The van der Waals surface area contributed by atoms with Crippen LogP contribution in [0.25, 0.3) is 0 Å². The first-order valence-electron chi connectivity index (χ1n) is 9.55. The number of nitrogens with zero attached hydrogens (tertiary/aromatic N) is 2. The van der Waals surface area contributed by atoms with E-state index in [-0.39, 0.29) is 23.4 Å². The van der Waals surface area contributed by atoms with E-state index in [9.17, 15) is 13.6 Å². The van der Waals surface area contributed by atoms with E-state index in [1.807, 2.05) is 4.90 Å². The van der Waals surface area contributed by atoms with Gasteiger partial charge in [0.15, 0.2) is 11.6 Å². The summed E-state index contributed by atoms with van der Waals surface area (Å²) < 4.78 is 33.1. The van der Waals surface area contributed by atoms with Gasteiger partial charge < -0.3 is 9.64 Å². The van der Waals surface area contributed by atoms with E-state index in [1.165, 1.54) is 26.0 Å². The Morgan fingerprint density at radius 3 is 2.77 bits per heavy atom. The lowest BCUT2D eigenvalue weighted by Crippen LogP contribution is -2.50. The number of methoxy groups -OCH3 is 1. The van der Waals surface area contributed by atoms with Crippen LogP contribution in [0.4, 0.5) is 8.78 Å². The predicted octanol–water partition coefficient (Wildman–Crippen LogP) is 3.20. The molecule has 0 unspecified atom stereocenters. The molecule has 3 fully saturated rings. The zero-order valence-electron chi connectivity index (χ0n) is 15.3. The first kappa shape index (κ1) is 17.7. The van der Waals surface area contributed by atoms with Gasteiger partial charge in [-0.2, -0.15) is 0 Å². The predicted molar refractivity (Wildman–Crippen MR) is 93.8 cm³/mol. The average molecular weight is 364 g/mol. The first-order chi connectivity index (χ1) is 12.5. The highest BCUT2D eigenvalue weighted by molar-refractivity contribution is 5.84. The van der Waals surface area contributed by atoms with Crippen LogP contribution in [0.15, 0.2) is 12.1 Å². The van der Waals surface area contributed by atoms with Gasteiger partial charge in [-0.25, -0.2) is 8.78 Å². The van der Waals surface area contributed by atoms with Crippen LogP contribution in [0.2, 0.25) is 0 Å². The molecule has 6 heteroatoms. The molecule has 2 saturated heterocycles. The summed E-state index contributed by atoms with van der Waals surface area (Å²) in [6.07, 6.45) is 5.20. The number of benzene rings is 1. The monoisotopic (exact) mass is 364 g/mol. The number of ether oxygens (including phenoxy) is 1. The summed E-state index contributed by atoms with van der Waals surface area (Å²) in [6, 6.07) is 2.55. The second-order valence-corrected chi connectivity index (χ2v) is 8.08. The molecular weight excluding hydrogens is 338 g/mol. The quantitative estimate of drug-likeness (QED) is 0.804. The Hall–Kier alpha value is -1.69. The Labute approximate surface area is 153 Å². The number of carbonyl (C=O) groups is 1. The smallest absolute Gasteiger partial charge is 0.230 e. The Kier molecular flexibility index (Phi) is 4.63. The topological polar surface area (TPSA) is 32.8 Å². The molecule has 4 nitrogen and oxygen atoms in total. The third kappa shape index (κ3) is 3.20. The number of hydrogen-bond donors (Lipinski definition) is 0. The van der Waals surface area contributed by atoms with Gasteiger partial charge in [0.05, 0.1) is 12.5 Å². The third-order valence-corrected chi connectivity index (χ3v) is 6.19. The van der Waals surface area contributed by atoms with Crippen LogP contribution in [0.1, 0.15) is 37.7 Å². The van der Waals surface area contributed by atoms with Crippen molar-refractivity contribution in [2.75, 3.05) is 33.3 Å². The van der Waals surface area contributed by atoms with Gasteiger partial charge in [0.2, 0.25) is 5.91 Å². The summed E-state index contributed by atoms with van der Waals surface area (Å²) in [6.45, 7) is 3.37. The van der Waals surface area contributed by atoms with Crippen molar-refractivity contribution < 1.29 is 18.3 Å². The molecule has 1 aromatic rings. The van der Waals surface area contributed by atoms with E-state index in [4.69, 9.17) is 4.74 Å². The molecule has 0 N–H and O–H groups in total. The van der Waals surface area contributed by atoms with Gasteiger partial charge in [0, 0.05) is 31.7 Å². The van der Waals surface area contributed by atoms with Crippen LogP contribution in [0.3, 0.4) is 0 Å². The molecule has 3 aliphatic rings. The van der Waals surface area contributed by atoms with Crippen molar-refractivity contribution >= 4 is 5.91 Å². The van der Waals surface area contributed by atoms with Gasteiger partial charge in [-0.15, -0.1) is 0 Å². The minimum atomic E-state index is -0.862. The van der Waals surface area contributed by atoms with E-state index in [0.717, 1.165) is 45.0 Å². The fourth-order valence-electron chi connectivity index (χ4n) is 4.55. The van der Waals surface area contributed by atoms with E-state index in [1.54, 1.807) is 0 Å². The SMILES string of the molecule is COc1ccc(F)c(F)c1CN1CC[C@@]2(CCCN(CC3CC3)C2=O)C1. The Balaban J connectivity index is 1.48. The van der Waals surface area contributed by atoms with Crippen molar-refractivity contribution in [2.24, 2.45) is 11.3 Å². The fourth-order valence-corrected chi connectivity index (χ4v) is 4.55. The summed E-state index contributed by atoms with van der Waals surface area (Å²) in [7, 11) is 1.46. The van der Waals surface area contributed by atoms with Gasteiger partial charge in [0.25, 0.3) is 0 Å². The first-order valence-corrected chi connectivity index (χ1v) is 9.55. The maximum atomic E-state index is 14.3. The number of likely N-dealkylation sites (tertiary alicyclic amines) is 2. The second-order valence-electron chi connectivity index (χ2n) is 8.08. The standard InChI is InChI=1S/C20H26F2N2O2/c1-26-17-6-5-16(21)18(22)15(17)12-23-10-8-20(13-23)7-2-9-24(19(20)25)11-14-3-4-14/h5-6,14H,2-4,7-13H2,1H3/t20-/m0/s1. The maximum absolute atomic E-state index is 14.3. The zero-order valence-corrected chi connectivity index (χ0v) is 15.3. The molecule has 1 saturated carbocycles. The van der Waals surface area contributed by atoms with Crippen molar-refractivity contribution in [1.29, 1.82) is 0 Å². The lowest BCUT2D eigenvalue weighted by atomic mass is 9.78. The van der Waals surface area contributed by atoms with E-state index in [2.05, 4.69) is 4.90 Å². The van der Waals surface area contributed by atoms with Crippen molar-refractivity contribution in [3.05, 3.63) is 29.3 Å². The number of rotatable bonds is 5. The lowest BCUT2D eigenvalue weighted by Gasteiger charge is -2.39. The lowest BCUT2D eigenvalue weighted by molar-refractivity contribution is -0.145. The van der Waals surface area contributed by atoms with E-state index >= 15 is 0 Å². The Bertz CT molecular complexity index is 707. The highest BCUT2D eigenvalue weighted by Crippen LogP contribution is 2.42. The maximum Gasteiger partial charge on any atom is 0.230 e. The fraction of sp³-hybridized carbons (Fsp3) is 0.650. The van der Waals surface area contributed by atoms with Crippen molar-refractivity contribution in [1.82, 2.24) is 9.80 Å². The molecule has 2 aliphatic heterocycles. The number of carbonyl (C=O) groups excluding carboxylic acids is 1. The molecule has 142 valence electrons. The van der Waals surface area contributed by atoms with Crippen LogP contribution in [0.5, 0.6) is 5.75 Å². The van der Waals surface area contributed by atoms with Gasteiger partial charge in [0.1, 0.15) is 5.75 Å². The second kappa shape index (κ2) is 6.80. The van der Waals surface area contributed by atoms with Gasteiger partial charge in [-0.1, -0.05) is 0 Å². The molecule has 0 bridgehead atoms. The Morgan fingerprint density at radius 2 is 2.04 bits per heavy atom. The zero-order chi connectivity index (χ0) is 18.3. The summed E-state index contributed by atoms with van der Waals surface area (Å²) in [4.78, 5) is 17.2. The highest BCUT2D eigenvalue weighted by atomic mass is 19.2. The van der Waals surface area contributed by atoms with Crippen LogP contribution in [-0.4, -0.2) is 49.0 Å². The largest absolute Gasteiger partial charge is 0.496 e. The summed E-state index contributed by atoms with van der Waals surface area (Å²) in [5.74, 6) is -0.396. The molecule has 4 rings (SSSR count). The number of hydrogen-bond acceptors (Lipinski definition) is 3. The van der Waals surface area contributed by atoms with Crippen LogP contribution in [-0.2, 0) is 11.3 Å². The molecule has 0 aromatic heterocycles. The summed E-state index contributed by atoms with van der Waals surface area (Å²) in [5.41, 5.74) is -0.105. The molecule has 1 aliphatic carbocycles. The van der Waals surface area contributed by atoms with Gasteiger partial charge in [-0.05, 0) is 56.7 Å².